The number of Topliss-reactive ketones (excluding diaryl/α,β-unsaturated/α-hetero) is 1. The van der Waals surface area contributed by atoms with Gasteiger partial charge in [-0.3, -0.25) is 4.79 Å². The van der Waals surface area contributed by atoms with Gasteiger partial charge in [0.2, 0.25) is 0 Å². The van der Waals surface area contributed by atoms with Crippen molar-refractivity contribution in [3.8, 4) is 0 Å². The van der Waals surface area contributed by atoms with Gasteiger partial charge in [0.15, 0.2) is 5.78 Å². The maximum Gasteiger partial charge on any atom is 0.500 e. The monoisotopic (exact) mass is 246 g/mol. The summed E-state index contributed by atoms with van der Waals surface area (Å²) in [7, 11) is 2.18. The van der Waals surface area contributed by atoms with E-state index < -0.39 is 8.80 Å². The Kier molecular flexibility index (Phi) is 6.74. The summed E-state index contributed by atoms with van der Waals surface area (Å²) in [6, 6.07) is 0.636. The van der Waals surface area contributed by atoms with Gasteiger partial charge in [-0.05, 0) is 18.9 Å². The molecule has 0 saturated heterocycles. The highest BCUT2D eigenvalue weighted by atomic mass is 28.4. The van der Waals surface area contributed by atoms with Crippen LogP contribution in [0.25, 0.3) is 0 Å². The zero-order chi connectivity index (χ0) is 12.8. The summed E-state index contributed by atoms with van der Waals surface area (Å²) in [5.74, 6) is 0.0241. The standard InChI is InChI=1S/C11H22O4Si/c1-9(2)11(12)10(3)7-8-16(13-4,14-5)15-6/h10H,1,7-8H2,2-6H3. The van der Waals surface area contributed by atoms with Crippen molar-refractivity contribution >= 4 is 14.6 Å². The van der Waals surface area contributed by atoms with E-state index in [1.807, 2.05) is 6.92 Å². The van der Waals surface area contributed by atoms with Crippen LogP contribution in [0.5, 0.6) is 0 Å². The number of hydrogen-bond donors (Lipinski definition) is 0. The molecule has 4 nitrogen and oxygen atoms in total. The van der Waals surface area contributed by atoms with E-state index >= 15 is 0 Å². The quantitative estimate of drug-likeness (QED) is 0.485. The minimum absolute atomic E-state index is 0.0650. The van der Waals surface area contributed by atoms with Gasteiger partial charge in [0.25, 0.3) is 0 Å². The topological polar surface area (TPSA) is 44.8 Å². The van der Waals surface area contributed by atoms with Crippen LogP contribution in [0, 0.1) is 5.92 Å². The minimum Gasteiger partial charge on any atom is -0.377 e. The SMILES string of the molecule is C=C(C)C(=O)C(C)CC[Si](OC)(OC)OC. The van der Waals surface area contributed by atoms with Crippen molar-refractivity contribution in [2.45, 2.75) is 26.3 Å². The molecule has 0 bridgehead atoms. The molecule has 0 amide bonds. The van der Waals surface area contributed by atoms with E-state index in [9.17, 15) is 4.79 Å². The van der Waals surface area contributed by atoms with E-state index in [1.165, 1.54) is 0 Å². The number of ketones is 1. The molecule has 5 heteroatoms. The van der Waals surface area contributed by atoms with Gasteiger partial charge in [0.1, 0.15) is 0 Å². The molecule has 0 aliphatic heterocycles. The Labute approximate surface area is 99.0 Å². The molecule has 0 aromatic rings. The molecule has 0 N–H and O–H groups in total. The lowest BCUT2D eigenvalue weighted by molar-refractivity contribution is -0.118. The van der Waals surface area contributed by atoms with E-state index in [2.05, 4.69) is 6.58 Å². The minimum atomic E-state index is -2.54. The van der Waals surface area contributed by atoms with Gasteiger partial charge in [-0.2, -0.15) is 0 Å². The van der Waals surface area contributed by atoms with Crippen molar-refractivity contribution < 1.29 is 18.1 Å². The summed E-state index contributed by atoms with van der Waals surface area (Å²) in [5.41, 5.74) is 0.590. The lowest BCUT2D eigenvalue weighted by Gasteiger charge is -2.25. The highest BCUT2D eigenvalue weighted by Crippen LogP contribution is 2.20. The van der Waals surface area contributed by atoms with Crippen LogP contribution in [-0.2, 0) is 18.1 Å². The van der Waals surface area contributed by atoms with Crippen LogP contribution >= 0.6 is 0 Å². The van der Waals surface area contributed by atoms with Crippen molar-refractivity contribution in [3.63, 3.8) is 0 Å². The van der Waals surface area contributed by atoms with Gasteiger partial charge in [-0.25, -0.2) is 0 Å². The van der Waals surface area contributed by atoms with E-state index in [4.69, 9.17) is 13.3 Å². The third kappa shape index (κ3) is 4.17. The highest BCUT2D eigenvalue weighted by molar-refractivity contribution is 6.60. The second-order valence-electron chi connectivity index (χ2n) is 3.88. The summed E-state index contributed by atoms with van der Waals surface area (Å²) in [6.07, 6.45) is 0.688. The second kappa shape index (κ2) is 6.96. The summed E-state index contributed by atoms with van der Waals surface area (Å²) in [5, 5.41) is 0. The molecule has 94 valence electrons. The molecule has 0 rings (SSSR count). The summed E-state index contributed by atoms with van der Waals surface area (Å²) >= 11 is 0. The molecule has 0 fully saturated rings. The van der Waals surface area contributed by atoms with Crippen LogP contribution in [-0.4, -0.2) is 35.9 Å². The van der Waals surface area contributed by atoms with E-state index in [0.29, 0.717) is 18.0 Å². The highest BCUT2D eigenvalue weighted by Gasteiger charge is 2.38. The van der Waals surface area contributed by atoms with Crippen LogP contribution in [0.2, 0.25) is 6.04 Å². The van der Waals surface area contributed by atoms with Crippen LogP contribution in [0.3, 0.4) is 0 Å². The fourth-order valence-corrected chi connectivity index (χ4v) is 3.40. The maximum atomic E-state index is 11.6. The number of carbonyl (C=O) groups excluding carboxylic acids is 1. The van der Waals surface area contributed by atoms with Gasteiger partial charge in [-0.15, -0.1) is 0 Å². The summed E-state index contributed by atoms with van der Waals surface area (Å²) < 4.78 is 15.9. The summed E-state index contributed by atoms with van der Waals surface area (Å²) in [6.45, 7) is 7.26. The Bertz CT molecular complexity index is 240. The Morgan fingerprint density at radius 1 is 1.25 bits per heavy atom. The fourth-order valence-electron chi connectivity index (χ4n) is 1.50. The Morgan fingerprint density at radius 2 is 1.69 bits per heavy atom. The molecule has 16 heavy (non-hydrogen) atoms. The predicted molar refractivity (Wildman–Crippen MR) is 65.2 cm³/mol. The van der Waals surface area contributed by atoms with Crippen LogP contribution < -0.4 is 0 Å². The van der Waals surface area contributed by atoms with E-state index in [0.717, 1.165) is 0 Å². The molecule has 0 spiro atoms. The average molecular weight is 246 g/mol. The fraction of sp³-hybridized carbons (Fsp3) is 0.727. The first-order valence-electron chi connectivity index (χ1n) is 5.27. The summed E-state index contributed by atoms with van der Waals surface area (Å²) in [4.78, 5) is 11.6. The molecule has 1 unspecified atom stereocenters. The third-order valence-corrected chi connectivity index (χ3v) is 5.45. The first-order valence-corrected chi connectivity index (χ1v) is 7.20. The molecular formula is C11H22O4Si. The Morgan fingerprint density at radius 3 is 2.00 bits per heavy atom. The van der Waals surface area contributed by atoms with Crippen molar-refractivity contribution in [2.24, 2.45) is 5.92 Å². The van der Waals surface area contributed by atoms with Crippen LogP contribution in [0.4, 0.5) is 0 Å². The van der Waals surface area contributed by atoms with Crippen molar-refractivity contribution in [2.75, 3.05) is 21.3 Å². The number of hydrogen-bond acceptors (Lipinski definition) is 4. The van der Waals surface area contributed by atoms with Crippen molar-refractivity contribution in [1.29, 1.82) is 0 Å². The molecule has 0 saturated carbocycles. The molecular weight excluding hydrogens is 224 g/mol. The second-order valence-corrected chi connectivity index (χ2v) is 6.97. The molecule has 0 aliphatic rings. The zero-order valence-electron chi connectivity index (χ0n) is 10.8. The van der Waals surface area contributed by atoms with Gasteiger partial charge < -0.3 is 13.3 Å². The van der Waals surface area contributed by atoms with Crippen LogP contribution in [0.1, 0.15) is 20.3 Å². The van der Waals surface area contributed by atoms with E-state index in [-0.39, 0.29) is 11.7 Å². The zero-order valence-corrected chi connectivity index (χ0v) is 11.8. The molecule has 0 heterocycles. The molecule has 0 aromatic carbocycles. The van der Waals surface area contributed by atoms with Gasteiger partial charge in [0, 0.05) is 33.3 Å². The first kappa shape index (κ1) is 15.5. The Balaban J connectivity index is 4.31. The lowest BCUT2D eigenvalue weighted by Crippen LogP contribution is -2.43. The third-order valence-electron chi connectivity index (χ3n) is 2.68. The lowest BCUT2D eigenvalue weighted by atomic mass is 9.99. The van der Waals surface area contributed by atoms with Crippen LogP contribution in [0.15, 0.2) is 12.2 Å². The Hall–Kier alpha value is -0.493. The van der Waals surface area contributed by atoms with Gasteiger partial charge in [-0.1, -0.05) is 13.5 Å². The molecule has 0 aliphatic carbocycles. The normalized spacial score (nSPS) is 13.6. The number of rotatable bonds is 8. The molecule has 0 radical (unpaired) electrons. The molecule has 1 atom stereocenters. The van der Waals surface area contributed by atoms with Gasteiger partial charge in [0.05, 0.1) is 0 Å². The largest absolute Gasteiger partial charge is 0.500 e. The predicted octanol–water partition coefficient (Wildman–Crippen LogP) is 2.04. The number of carbonyl (C=O) groups is 1. The average Bonchev–Trinajstić information content (AvgIpc) is 2.30. The van der Waals surface area contributed by atoms with E-state index in [1.54, 1.807) is 28.3 Å². The number of allylic oxidation sites excluding steroid dienone is 1. The molecule has 0 aromatic heterocycles. The van der Waals surface area contributed by atoms with Crippen molar-refractivity contribution in [1.82, 2.24) is 0 Å². The smallest absolute Gasteiger partial charge is 0.377 e. The maximum absolute atomic E-state index is 11.6. The van der Waals surface area contributed by atoms with Crippen molar-refractivity contribution in [3.05, 3.63) is 12.2 Å². The van der Waals surface area contributed by atoms with Gasteiger partial charge >= 0.3 is 8.80 Å². The first-order chi connectivity index (χ1) is 7.42.